The van der Waals surface area contributed by atoms with Crippen molar-refractivity contribution in [2.24, 2.45) is 0 Å². The molecule has 1 rings (SSSR count). The molecule has 7 heteroatoms. The van der Waals surface area contributed by atoms with Crippen LogP contribution < -0.4 is 10.6 Å². The van der Waals surface area contributed by atoms with E-state index in [2.05, 4.69) is 15.6 Å². The molecule has 0 aliphatic rings. The number of carboxylic acid groups (broad SMARTS) is 1. The maximum absolute atomic E-state index is 11.4. The normalized spacial score (nSPS) is 9.61. The molecule has 2 amide bonds. The molecule has 0 bridgehead atoms. The molecule has 0 atom stereocenters. The fourth-order valence-electron chi connectivity index (χ4n) is 1.20. The second kappa shape index (κ2) is 6.33. The van der Waals surface area contributed by atoms with Crippen molar-refractivity contribution in [3.63, 3.8) is 0 Å². The first-order valence-corrected chi connectivity index (χ1v) is 5.22. The molecular weight excluding hydrogens is 238 g/mol. The van der Waals surface area contributed by atoms with Crippen LogP contribution in [0.25, 0.3) is 0 Å². The summed E-state index contributed by atoms with van der Waals surface area (Å²) in [5.41, 5.74) is 0.213. The fourth-order valence-corrected chi connectivity index (χ4v) is 1.20. The van der Waals surface area contributed by atoms with E-state index in [0.29, 0.717) is 5.69 Å². The number of carboxylic acids is 1. The first-order valence-electron chi connectivity index (χ1n) is 5.22. The molecule has 1 aromatic rings. The maximum atomic E-state index is 11.4. The second-order valence-corrected chi connectivity index (χ2v) is 3.52. The van der Waals surface area contributed by atoms with Crippen molar-refractivity contribution in [1.29, 1.82) is 0 Å². The van der Waals surface area contributed by atoms with Gasteiger partial charge in [0.15, 0.2) is 0 Å². The molecule has 0 aliphatic heterocycles. The Morgan fingerprint density at radius 3 is 2.72 bits per heavy atom. The van der Waals surface area contributed by atoms with Crippen LogP contribution in [0.5, 0.6) is 0 Å². The lowest BCUT2D eigenvalue weighted by Gasteiger charge is -2.05. The summed E-state index contributed by atoms with van der Waals surface area (Å²) >= 11 is 0. The number of carbonyl (C=O) groups is 3. The number of carbonyl (C=O) groups excluding carboxylic acids is 2. The van der Waals surface area contributed by atoms with Crippen molar-refractivity contribution in [2.75, 3.05) is 11.9 Å². The number of pyridine rings is 1. The number of hydrogen-bond acceptors (Lipinski definition) is 4. The molecule has 0 radical (unpaired) electrons. The standard InChI is InChI=1S/C11H13N3O4/c1-7(15)12-5-3-10(16)14-8-2-4-13-9(6-8)11(17)18/h2,4,6H,3,5H2,1H3,(H,12,15)(H,17,18)(H,13,14,16). The van der Waals surface area contributed by atoms with Crippen LogP contribution in [0.3, 0.4) is 0 Å². The Morgan fingerprint density at radius 1 is 1.39 bits per heavy atom. The molecule has 0 unspecified atom stereocenters. The SMILES string of the molecule is CC(=O)NCCC(=O)Nc1ccnc(C(=O)O)c1. The van der Waals surface area contributed by atoms with Crippen LogP contribution in [-0.2, 0) is 9.59 Å². The number of aromatic carboxylic acids is 1. The van der Waals surface area contributed by atoms with Gasteiger partial charge in [-0.05, 0) is 12.1 Å². The lowest BCUT2D eigenvalue weighted by Crippen LogP contribution is -2.25. The number of amides is 2. The summed E-state index contributed by atoms with van der Waals surface area (Å²) in [5, 5.41) is 13.7. The molecule has 1 aromatic heterocycles. The number of aromatic nitrogens is 1. The van der Waals surface area contributed by atoms with Gasteiger partial charge in [-0.15, -0.1) is 0 Å². The van der Waals surface area contributed by atoms with E-state index >= 15 is 0 Å². The number of hydrogen-bond donors (Lipinski definition) is 3. The van der Waals surface area contributed by atoms with Gasteiger partial charge in [0, 0.05) is 31.8 Å². The molecule has 0 saturated heterocycles. The molecule has 0 fully saturated rings. The predicted molar refractivity (Wildman–Crippen MR) is 63.1 cm³/mol. The number of rotatable bonds is 5. The molecule has 96 valence electrons. The molecular formula is C11H13N3O4. The first kappa shape index (κ1) is 13.6. The highest BCUT2D eigenvalue weighted by molar-refractivity contribution is 5.93. The van der Waals surface area contributed by atoms with Crippen LogP contribution in [0.2, 0.25) is 0 Å². The van der Waals surface area contributed by atoms with Crippen molar-refractivity contribution >= 4 is 23.5 Å². The van der Waals surface area contributed by atoms with E-state index in [4.69, 9.17) is 5.11 Å². The van der Waals surface area contributed by atoms with E-state index in [-0.39, 0.29) is 30.5 Å². The molecule has 7 nitrogen and oxygen atoms in total. The zero-order chi connectivity index (χ0) is 13.5. The van der Waals surface area contributed by atoms with E-state index in [1.54, 1.807) is 0 Å². The molecule has 0 aliphatic carbocycles. The predicted octanol–water partition coefficient (Wildman–Crippen LogP) is 0.244. The van der Waals surface area contributed by atoms with Gasteiger partial charge < -0.3 is 15.7 Å². The summed E-state index contributed by atoms with van der Waals surface area (Å²) in [7, 11) is 0. The summed E-state index contributed by atoms with van der Waals surface area (Å²) in [5.74, 6) is -1.68. The second-order valence-electron chi connectivity index (χ2n) is 3.52. The van der Waals surface area contributed by atoms with E-state index in [9.17, 15) is 14.4 Å². The summed E-state index contributed by atoms with van der Waals surface area (Å²) in [4.78, 5) is 36.3. The Kier molecular flexibility index (Phi) is 4.79. The molecule has 18 heavy (non-hydrogen) atoms. The summed E-state index contributed by atoms with van der Waals surface area (Å²) in [6, 6.07) is 2.75. The third-order valence-electron chi connectivity index (χ3n) is 1.99. The highest BCUT2D eigenvalue weighted by Gasteiger charge is 2.07. The smallest absolute Gasteiger partial charge is 0.354 e. The van der Waals surface area contributed by atoms with E-state index < -0.39 is 5.97 Å². The minimum absolute atomic E-state index is 0.115. The highest BCUT2D eigenvalue weighted by Crippen LogP contribution is 2.08. The monoisotopic (exact) mass is 251 g/mol. The van der Waals surface area contributed by atoms with Gasteiger partial charge in [0.25, 0.3) is 0 Å². The number of nitrogens with zero attached hydrogens (tertiary/aromatic N) is 1. The molecule has 0 aromatic carbocycles. The number of anilines is 1. The lowest BCUT2D eigenvalue weighted by molar-refractivity contribution is -0.119. The van der Waals surface area contributed by atoms with Gasteiger partial charge >= 0.3 is 5.97 Å². The summed E-state index contributed by atoms with van der Waals surface area (Å²) in [6.07, 6.45) is 1.41. The van der Waals surface area contributed by atoms with Crippen LogP contribution in [0, 0.1) is 0 Å². The Labute approximate surface area is 103 Å². The fraction of sp³-hybridized carbons (Fsp3) is 0.273. The van der Waals surface area contributed by atoms with Gasteiger partial charge in [0.1, 0.15) is 5.69 Å². The molecule has 0 spiro atoms. The van der Waals surface area contributed by atoms with Gasteiger partial charge in [-0.25, -0.2) is 9.78 Å². The largest absolute Gasteiger partial charge is 0.477 e. The van der Waals surface area contributed by atoms with Gasteiger partial charge in [-0.2, -0.15) is 0 Å². The maximum Gasteiger partial charge on any atom is 0.354 e. The zero-order valence-electron chi connectivity index (χ0n) is 9.77. The molecule has 0 saturated carbocycles. The summed E-state index contributed by atoms with van der Waals surface area (Å²) < 4.78 is 0. The van der Waals surface area contributed by atoms with Crippen molar-refractivity contribution in [3.8, 4) is 0 Å². The topological polar surface area (TPSA) is 108 Å². The van der Waals surface area contributed by atoms with Crippen molar-refractivity contribution in [1.82, 2.24) is 10.3 Å². The van der Waals surface area contributed by atoms with Gasteiger partial charge in [0.2, 0.25) is 11.8 Å². The van der Waals surface area contributed by atoms with Crippen molar-refractivity contribution < 1.29 is 19.5 Å². The quantitative estimate of drug-likeness (QED) is 0.694. The average Bonchev–Trinajstić information content (AvgIpc) is 2.28. The Hall–Kier alpha value is -2.44. The minimum Gasteiger partial charge on any atom is -0.477 e. The van der Waals surface area contributed by atoms with Crippen LogP contribution in [-0.4, -0.2) is 34.4 Å². The van der Waals surface area contributed by atoms with Crippen molar-refractivity contribution in [2.45, 2.75) is 13.3 Å². The van der Waals surface area contributed by atoms with Crippen LogP contribution >= 0.6 is 0 Å². The third kappa shape index (κ3) is 4.60. The van der Waals surface area contributed by atoms with Crippen LogP contribution in [0.1, 0.15) is 23.8 Å². The van der Waals surface area contributed by atoms with Gasteiger partial charge in [-0.1, -0.05) is 0 Å². The average molecular weight is 251 g/mol. The Bertz CT molecular complexity index is 473. The highest BCUT2D eigenvalue weighted by atomic mass is 16.4. The van der Waals surface area contributed by atoms with E-state index in [0.717, 1.165) is 0 Å². The first-order chi connectivity index (χ1) is 8.49. The van der Waals surface area contributed by atoms with E-state index in [1.807, 2.05) is 0 Å². The number of nitrogens with one attached hydrogen (secondary N) is 2. The Morgan fingerprint density at radius 2 is 2.11 bits per heavy atom. The van der Waals surface area contributed by atoms with Gasteiger partial charge in [-0.3, -0.25) is 9.59 Å². The summed E-state index contributed by atoms with van der Waals surface area (Å²) in [6.45, 7) is 1.60. The van der Waals surface area contributed by atoms with E-state index in [1.165, 1.54) is 25.3 Å². The minimum atomic E-state index is -1.16. The molecule has 1 heterocycles. The Balaban J connectivity index is 2.51. The van der Waals surface area contributed by atoms with Gasteiger partial charge in [0.05, 0.1) is 0 Å². The zero-order valence-corrected chi connectivity index (χ0v) is 9.77. The van der Waals surface area contributed by atoms with Crippen molar-refractivity contribution in [3.05, 3.63) is 24.0 Å². The molecule has 3 N–H and O–H groups in total. The lowest BCUT2D eigenvalue weighted by atomic mass is 10.3. The van der Waals surface area contributed by atoms with Crippen LogP contribution in [0.4, 0.5) is 5.69 Å². The third-order valence-corrected chi connectivity index (χ3v) is 1.99. The van der Waals surface area contributed by atoms with Crippen LogP contribution in [0.15, 0.2) is 18.3 Å².